The van der Waals surface area contributed by atoms with E-state index in [-0.39, 0.29) is 18.1 Å². The Bertz CT molecular complexity index is 305. The molecule has 0 aromatic rings. The number of carbonyl (C=O) groups excluding carboxylic acids is 1. The first-order valence-corrected chi connectivity index (χ1v) is 7.09. The topological polar surface area (TPSA) is 59.6 Å². The van der Waals surface area contributed by atoms with E-state index in [1.165, 1.54) is 0 Å². The molecule has 2 aliphatic heterocycles. The van der Waals surface area contributed by atoms with Gasteiger partial charge in [0.1, 0.15) is 6.10 Å². The van der Waals surface area contributed by atoms with Crippen LogP contribution in [0.5, 0.6) is 0 Å². The Balaban J connectivity index is 1.56. The van der Waals surface area contributed by atoms with Crippen LogP contribution in [0.4, 0.5) is 0 Å². The van der Waals surface area contributed by atoms with Crippen molar-refractivity contribution in [1.82, 2.24) is 10.6 Å². The fraction of sp³-hybridized carbons (Fsp3) is 0.923. The number of morpholine rings is 1. The third kappa shape index (κ3) is 2.53. The van der Waals surface area contributed by atoms with Crippen LogP contribution in [0.2, 0.25) is 0 Å². The van der Waals surface area contributed by atoms with Gasteiger partial charge >= 0.3 is 0 Å². The second-order valence-corrected chi connectivity index (χ2v) is 5.47. The lowest BCUT2D eigenvalue weighted by Gasteiger charge is -2.34. The Kier molecular flexibility index (Phi) is 3.82. The number of nitrogens with one attached hydrogen (secondary N) is 2. The van der Waals surface area contributed by atoms with E-state index in [1.807, 2.05) is 0 Å². The van der Waals surface area contributed by atoms with E-state index >= 15 is 0 Å². The average molecular weight is 254 g/mol. The van der Waals surface area contributed by atoms with E-state index in [1.54, 1.807) is 0 Å². The first-order chi connectivity index (χ1) is 8.84. The molecule has 0 aromatic carbocycles. The van der Waals surface area contributed by atoms with E-state index in [0.717, 1.165) is 38.8 Å². The molecule has 2 N–H and O–H groups in total. The van der Waals surface area contributed by atoms with Gasteiger partial charge in [0.25, 0.3) is 5.91 Å². The summed E-state index contributed by atoms with van der Waals surface area (Å²) < 4.78 is 11.2. The smallest absolute Gasteiger partial charge is 0.250 e. The van der Waals surface area contributed by atoms with Gasteiger partial charge in [0.15, 0.2) is 0 Å². The van der Waals surface area contributed by atoms with Crippen molar-refractivity contribution in [1.29, 1.82) is 0 Å². The van der Waals surface area contributed by atoms with E-state index in [0.29, 0.717) is 25.2 Å². The minimum Gasteiger partial charge on any atom is -0.378 e. The van der Waals surface area contributed by atoms with Crippen LogP contribution in [0.15, 0.2) is 0 Å². The highest BCUT2D eigenvalue weighted by atomic mass is 16.5. The van der Waals surface area contributed by atoms with Crippen molar-refractivity contribution in [3.05, 3.63) is 0 Å². The number of ether oxygens (including phenoxy) is 2. The summed E-state index contributed by atoms with van der Waals surface area (Å²) >= 11 is 0. The predicted molar refractivity (Wildman–Crippen MR) is 66.2 cm³/mol. The summed E-state index contributed by atoms with van der Waals surface area (Å²) in [5, 5.41) is 6.36. The SMILES string of the molecule is O=C(NC1CCCC2OCCC12)C1CNCCO1. The first kappa shape index (κ1) is 12.4. The summed E-state index contributed by atoms with van der Waals surface area (Å²) in [6, 6.07) is 0.282. The van der Waals surface area contributed by atoms with Gasteiger partial charge in [0, 0.05) is 31.7 Å². The number of carbonyl (C=O) groups is 1. The molecule has 1 aliphatic carbocycles. The van der Waals surface area contributed by atoms with Gasteiger partial charge in [-0.05, 0) is 25.7 Å². The van der Waals surface area contributed by atoms with Gasteiger partial charge in [0.2, 0.25) is 0 Å². The van der Waals surface area contributed by atoms with Crippen LogP contribution in [-0.2, 0) is 14.3 Å². The van der Waals surface area contributed by atoms with Crippen LogP contribution in [0.25, 0.3) is 0 Å². The van der Waals surface area contributed by atoms with E-state index < -0.39 is 0 Å². The second kappa shape index (κ2) is 5.55. The van der Waals surface area contributed by atoms with Crippen molar-refractivity contribution in [2.75, 3.05) is 26.3 Å². The molecule has 0 bridgehead atoms. The lowest BCUT2D eigenvalue weighted by atomic mass is 9.81. The molecule has 0 radical (unpaired) electrons. The zero-order chi connectivity index (χ0) is 12.4. The minimum absolute atomic E-state index is 0.0414. The summed E-state index contributed by atoms with van der Waals surface area (Å²) in [5.41, 5.74) is 0. The fourth-order valence-electron chi connectivity index (χ4n) is 3.36. The Labute approximate surface area is 108 Å². The molecule has 2 saturated heterocycles. The van der Waals surface area contributed by atoms with Crippen molar-refractivity contribution in [3.63, 3.8) is 0 Å². The number of hydrogen-bond donors (Lipinski definition) is 2. The minimum atomic E-state index is -0.318. The second-order valence-electron chi connectivity index (χ2n) is 5.47. The predicted octanol–water partition coefficient (Wildman–Crippen LogP) is 0.0486. The highest BCUT2D eigenvalue weighted by Gasteiger charge is 2.39. The van der Waals surface area contributed by atoms with Crippen molar-refractivity contribution in [3.8, 4) is 0 Å². The summed E-state index contributed by atoms with van der Waals surface area (Å²) in [6.45, 7) is 2.94. The fourth-order valence-corrected chi connectivity index (χ4v) is 3.36. The quantitative estimate of drug-likeness (QED) is 0.731. The molecule has 0 aromatic heterocycles. The number of hydrogen-bond acceptors (Lipinski definition) is 4. The molecule has 5 nitrogen and oxygen atoms in total. The summed E-state index contributed by atoms with van der Waals surface area (Å²) in [6.07, 6.45) is 4.51. The third-order valence-electron chi connectivity index (χ3n) is 4.33. The standard InChI is InChI=1S/C13H22N2O3/c16-13(12-8-14-5-7-18-12)15-10-2-1-3-11-9(10)4-6-17-11/h9-12,14H,1-8H2,(H,15,16). The van der Waals surface area contributed by atoms with E-state index in [2.05, 4.69) is 10.6 Å². The van der Waals surface area contributed by atoms with Gasteiger partial charge in [-0.1, -0.05) is 0 Å². The molecule has 2 heterocycles. The van der Waals surface area contributed by atoms with Crippen LogP contribution in [0.3, 0.4) is 0 Å². The Morgan fingerprint density at radius 1 is 1.17 bits per heavy atom. The third-order valence-corrected chi connectivity index (χ3v) is 4.33. The Morgan fingerprint density at radius 2 is 2.11 bits per heavy atom. The molecule has 18 heavy (non-hydrogen) atoms. The zero-order valence-corrected chi connectivity index (χ0v) is 10.7. The number of fused-ring (bicyclic) bond motifs is 1. The maximum atomic E-state index is 12.1. The lowest BCUT2D eigenvalue weighted by Crippen LogP contribution is -2.53. The van der Waals surface area contributed by atoms with E-state index in [4.69, 9.17) is 9.47 Å². The maximum absolute atomic E-state index is 12.1. The van der Waals surface area contributed by atoms with E-state index in [9.17, 15) is 4.79 Å². The van der Waals surface area contributed by atoms with Crippen LogP contribution in [0.1, 0.15) is 25.7 Å². The molecule has 1 saturated carbocycles. The monoisotopic (exact) mass is 254 g/mol. The maximum Gasteiger partial charge on any atom is 0.250 e. The highest BCUT2D eigenvalue weighted by Crippen LogP contribution is 2.34. The summed E-state index contributed by atoms with van der Waals surface area (Å²) in [5.74, 6) is 0.555. The largest absolute Gasteiger partial charge is 0.378 e. The molecule has 3 rings (SSSR count). The van der Waals surface area contributed by atoms with Crippen molar-refractivity contribution in [2.45, 2.75) is 43.9 Å². The Morgan fingerprint density at radius 3 is 2.94 bits per heavy atom. The molecule has 4 atom stereocenters. The molecule has 3 aliphatic rings. The van der Waals surface area contributed by atoms with Gasteiger partial charge in [-0.15, -0.1) is 0 Å². The molecular weight excluding hydrogens is 232 g/mol. The zero-order valence-electron chi connectivity index (χ0n) is 10.7. The average Bonchev–Trinajstić information content (AvgIpc) is 2.89. The van der Waals surface area contributed by atoms with Gasteiger partial charge < -0.3 is 20.1 Å². The van der Waals surface area contributed by atoms with Crippen molar-refractivity contribution >= 4 is 5.91 Å². The summed E-state index contributed by atoms with van der Waals surface area (Å²) in [7, 11) is 0. The molecule has 5 heteroatoms. The normalized spacial score (nSPS) is 40.2. The van der Waals surface area contributed by atoms with Crippen LogP contribution < -0.4 is 10.6 Å². The number of rotatable bonds is 2. The van der Waals surface area contributed by atoms with Crippen molar-refractivity contribution in [2.24, 2.45) is 5.92 Å². The summed E-state index contributed by atoms with van der Waals surface area (Å²) in [4.78, 5) is 12.1. The Hall–Kier alpha value is -0.650. The van der Waals surface area contributed by atoms with Gasteiger partial charge in [-0.25, -0.2) is 0 Å². The highest BCUT2D eigenvalue weighted by molar-refractivity contribution is 5.81. The van der Waals surface area contributed by atoms with Gasteiger partial charge in [-0.2, -0.15) is 0 Å². The first-order valence-electron chi connectivity index (χ1n) is 7.09. The molecule has 3 fully saturated rings. The molecular formula is C13H22N2O3. The molecule has 1 amide bonds. The molecule has 4 unspecified atom stereocenters. The molecule has 0 spiro atoms. The number of amides is 1. The van der Waals surface area contributed by atoms with Crippen LogP contribution >= 0.6 is 0 Å². The lowest BCUT2D eigenvalue weighted by molar-refractivity contribution is -0.135. The van der Waals surface area contributed by atoms with Gasteiger partial charge in [-0.3, -0.25) is 4.79 Å². The van der Waals surface area contributed by atoms with Crippen LogP contribution in [-0.4, -0.2) is 50.5 Å². The van der Waals surface area contributed by atoms with Crippen molar-refractivity contribution < 1.29 is 14.3 Å². The molecule has 102 valence electrons. The van der Waals surface area contributed by atoms with Gasteiger partial charge in [0.05, 0.1) is 12.7 Å². The van der Waals surface area contributed by atoms with Crippen LogP contribution in [0, 0.1) is 5.92 Å².